The first-order valence-electron chi connectivity index (χ1n) is 4.12. The fraction of sp³-hybridized carbons (Fsp3) is 0.444. The van der Waals surface area contributed by atoms with Gasteiger partial charge in [-0.1, -0.05) is 20.8 Å². The van der Waals surface area contributed by atoms with E-state index in [1.54, 1.807) is 0 Å². The van der Waals surface area contributed by atoms with Crippen LogP contribution >= 0.6 is 0 Å². The molecule has 0 aliphatic rings. The number of aromatic carboxylic acids is 1. The highest BCUT2D eigenvalue weighted by molar-refractivity contribution is 5.88. The van der Waals surface area contributed by atoms with Gasteiger partial charge in [0.25, 0.3) is 0 Å². The zero-order valence-corrected chi connectivity index (χ0v) is 8.27. The SMILES string of the molecule is CC(C)(C)c1nc(O)ncc1C(=O)O. The Kier molecular flexibility index (Phi) is 2.42. The second kappa shape index (κ2) is 3.25. The average Bonchev–Trinajstić information content (AvgIpc) is 2.01. The van der Waals surface area contributed by atoms with E-state index in [4.69, 9.17) is 10.2 Å². The molecule has 0 aliphatic carbocycles. The highest BCUT2D eigenvalue weighted by Crippen LogP contribution is 2.24. The number of hydrogen-bond acceptors (Lipinski definition) is 4. The van der Waals surface area contributed by atoms with Gasteiger partial charge in [-0.15, -0.1) is 0 Å². The van der Waals surface area contributed by atoms with Crippen LogP contribution in [-0.2, 0) is 5.41 Å². The first kappa shape index (κ1) is 10.4. The maximum Gasteiger partial charge on any atom is 0.339 e. The van der Waals surface area contributed by atoms with Gasteiger partial charge in [0.15, 0.2) is 0 Å². The lowest BCUT2D eigenvalue weighted by molar-refractivity contribution is 0.0692. The summed E-state index contributed by atoms with van der Waals surface area (Å²) in [6.07, 6.45) is 1.12. The smallest absolute Gasteiger partial charge is 0.339 e. The molecule has 0 atom stereocenters. The molecular formula is C9H12N2O3. The van der Waals surface area contributed by atoms with Crippen molar-refractivity contribution in [2.75, 3.05) is 0 Å². The van der Waals surface area contributed by atoms with Crippen molar-refractivity contribution in [1.82, 2.24) is 9.97 Å². The number of aromatic nitrogens is 2. The van der Waals surface area contributed by atoms with Crippen molar-refractivity contribution in [3.05, 3.63) is 17.5 Å². The molecule has 1 rings (SSSR count). The fourth-order valence-electron chi connectivity index (χ4n) is 1.10. The highest BCUT2D eigenvalue weighted by atomic mass is 16.4. The van der Waals surface area contributed by atoms with Gasteiger partial charge >= 0.3 is 12.0 Å². The van der Waals surface area contributed by atoms with Gasteiger partial charge in [-0.3, -0.25) is 0 Å². The van der Waals surface area contributed by atoms with E-state index >= 15 is 0 Å². The zero-order chi connectivity index (χ0) is 10.9. The van der Waals surface area contributed by atoms with E-state index in [0.717, 1.165) is 6.20 Å². The van der Waals surface area contributed by atoms with E-state index in [1.165, 1.54) is 0 Å². The van der Waals surface area contributed by atoms with Crippen LogP contribution in [0.1, 0.15) is 36.8 Å². The normalized spacial score (nSPS) is 11.4. The minimum absolute atomic E-state index is 0.0234. The van der Waals surface area contributed by atoms with Gasteiger partial charge in [0.2, 0.25) is 0 Å². The lowest BCUT2D eigenvalue weighted by Crippen LogP contribution is -2.19. The van der Waals surface area contributed by atoms with Crippen LogP contribution in [0.2, 0.25) is 0 Å². The lowest BCUT2D eigenvalue weighted by Gasteiger charge is -2.19. The molecule has 0 saturated carbocycles. The summed E-state index contributed by atoms with van der Waals surface area (Å²) in [5.41, 5.74) is -0.0819. The Morgan fingerprint density at radius 1 is 1.43 bits per heavy atom. The maximum atomic E-state index is 10.8. The first-order valence-corrected chi connectivity index (χ1v) is 4.12. The lowest BCUT2D eigenvalue weighted by atomic mass is 9.89. The summed E-state index contributed by atoms with van der Waals surface area (Å²) in [6, 6.07) is -0.403. The summed E-state index contributed by atoms with van der Waals surface area (Å²) < 4.78 is 0. The standard InChI is InChI=1S/C9H12N2O3/c1-9(2,3)6-5(7(12)13)4-10-8(14)11-6/h4H,1-3H3,(H,12,13)(H,10,11,14). The van der Waals surface area contributed by atoms with Crippen LogP contribution in [0.3, 0.4) is 0 Å². The Morgan fingerprint density at radius 3 is 2.43 bits per heavy atom. The van der Waals surface area contributed by atoms with Crippen LogP contribution in [0, 0.1) is 0 Å². The predicted molar refractivity (Wildman–Crippen MR) is 49.4 cm³/mol. The molecule has 2 N–H and O–H groups in total. The van der Waals surface area contributed by atoms with Gasteiger partial charge in [-0.05, 0) is 0 Å². The maximum absolute atomic E-state index is 10.8. The molecular weight excluding hydrogens is 184 g/mol. The molecule has 0 aliphatic heterocycles. The molecule has 0 radical (unpaired) electrons. The zero-order valence-electron chi connectivity index (χ0n) is 8.27. The molecule has 0 fully saturated rings. The van der Waals surface area contributed by atoms with E-state index in [0.29, 0.717) is 5.69 Å². The number of aromatic hydroxyl groups is 1. The molecule has 0 amide bonds. The molecule has 0 aromatic carbocycles. The molecule has 1 aromatic rings. The minimum Gasteiger partial charge on any atom is -0.479 e. The molecule has 0 unspecified atom stereocenters. The number of carbonyl (C=O) groups is 1. The molecule has 1 aromatic heterocycles. The number of rotatable bonds is 1. The minimum atomic E-state index is -1.09. The third-order valence-corrected chi connectivity index (χ3v) is 1.72. The van der Waals surface area contributed by atoms with Crippen molar-refractivity contribution in [2.45, 2.75) is 26.2 Å². The second-order valence-electron chi connectivity index (χ2n) is 3.99. The molecule has 0 saturated heterocycles. The largest absolute Gasteiger partial charge is 0.479 e. The summed E-state index contributed by atoms with van der Waals surface area (Å²) in [5, 5.41) is 17.9. The van der Waals surface area contributed by atoms with Crippen molar-refractivity contribution in [2.24, 2.45) is 0 Å². The Hall–Kier alpha value is -1.65. The Labute approximate surface area is 81.4 Å². The van der Waals surface area contributed by atoms with E-state index in [1.807, 2.05) is 20.8 Å². The Morgan fingerprint density at radius 2 is 2.00 bits per heavy atom. The number of hydrogen-bond donors (Lipinski definition) is 2. The van der Waals surface area contributed by atoms with Crippen molar-refractivity contribution in [1.29, 1.82) is 0 Å². The molecule has 1 heterocycles. The quantitative estimate of drug-likeness (QED) is 0.704. The van der Waals surface area contributed by atoms with Crippen LogP contribution in [0.4, 0.5) is 0 Å². The molecule has 76 valence electrons. The van der Waals surface area contributed by atoms with E-state index in [2.05, 4.69) is 9.97 Å². The summed E-state index contributed by atoms with van der Waals surface area (Å²) in [6.45, 7) is 5.46. The molecule has 5 nitrogen and oxygen atoms in total. The van der Waals surface area contributed by atoms with Gasteiger partial charge in [-0.25, -0.2) is 9.78 Å². The number of nitrogens with zero attached hydrogens (tertiary/aromatic N) is 2. The molecule has 0 bridgehead atoms. The van der Waals surface area contributed by atoms with Crippen molar-refractivity contribution in [3.63, 3.8) is 0 Å². The summed E-state index contributed by atoms with van der Waals surface area (Å²) in [7, 11) is 0. The monoisotopic (exact) mass is 196 g/mol. The fourth-order valence-corrected chi connectivity index (χ4v) is 1.10. The van der Waals surface area contributed by atoms with Gasteiger partial charge in [0, 0.05) is 11.6 Å². The van der Waals surface area contributed by atoms with Gasteiger partial charge < -0.3 is 10.2 Å². The number of carboxylic acids is 1. The summed E-state index contributed by atoms with van der Waals surface area (Å²) >= 11 is 0. The molecule has 5 heteroatoms. The average molecular weight is 196 g/mol. The van der Waals surface area contributed by atoms with Crippen LogP contribution in [0.25, 0.3) is 0 Å². The van der Waals surface area contributed by atoms with Crippen LogP contribution in [0.5, 0.6) is 6.01 Å². The highest BCUT2D eigenvalue weighted by Gasteiger charge is 2.24. The van der Waals surface area contributed by atoms with Crippen LogP contribution in [-0.4, -0.2) is 26.2 Å². The van der Waals surface area contributed by atoms with E-state index in [-0.39, 0.29) is 5.56 Å². The predicted octanol–water partition coefficient (Wildman–Crippen LogP) is 1.18. The third kappa shape index (κ3) is 1.99. The van der Waals surface area contributed by atoms with Crippen molar-refractivity contribution >= 4 is 5.97 Å². The summed E-state index contributed by atoms with van der Waals surface area (Å²) in [4.78, 5) is 18.0. The summed E-state index contributed by atoms with van der Waals surface area (Å²) in [5.74, 6) is -1.09. The van der Waals surface area contributed by atoms with E-state index < -0.39 is 17.4 Å². The van der Waals surface area contributed by atoms with Gasteiger partial charge in [0.1, 0.15) is 5.56 Å². The number of carboxylic acid groups (broad SMARTS) is 1. The van der Waals surface area contributed by atoms with Crippen LogP contribution in [0.15, 0.2) is 6.20 Å². The Bertz CT molecular complexity index is 369. The topological polar surface area (TPSA) is 83.3 Å². The molecule has 14 heavy (non-hydrogen) atoms. The molecule has 0 spiro atoms. The third-order valence-electron chi connectivity index (χ3n) is 1.72. The van der Waals surface area contributed by atoms with Crippen molar-refractivity contribution in [3.8, 4) is 6.01 Å². The second-order valence-corrected chi connectivity index (χ2v) is 3.99. The Balaban J connectivity index is 3.38. The van der Waals surface area contributed by atoms with Crippen LogP contribution < -0.4 is 0 Å². The first-order chi connectivity index (χ1) is 6.32. The van der Waals surface area contributed by atoms with Crippen molar-refractivity contribution < 1.29 is 15.0 Å². The van der Waals surface area contributed by atoms with Gasteiger partial charge in [-0.2, -0.15) is 4.98 Å². The van der Waals surface area contributed by atoms with E-state index in [9.17, 15) is 4.79 Å². The van der Waals surface area contributed by atoms with Gasteiger partial charge in [0.05, 0.1) is 5.69 Å².